The van der Waals surface area contributed by atoms with Crippen molar-refractivity contribution in [3.05, 3.63) is 35.4 Å². The maximum Gasteiger partial charge on any atom is 0.335 e. The summed E-state index contributed by atoms with van der Waals surface area (Å²) in [5.41, 5.74) is 0.979. The molecule has 0 bridgehead atoms. The largest absolute Gasteiger partial charge is 0.478 e. The Morgan fingerprint density at radius 3 is 2.32 bits per heavy atom. The van der Waals surface area contributed by atoms with Crippen molar-refractivity contribution < 1.29 is 24.2 Å². The van der Waals surface area contributed by atoms with Gasteiger partial charge < -0.3 is 19.6 Å². The number of amides is 2. The van der Waals surface area contributed by atoms with Gasteiger partial charge in [0.1, 0.15) is 0 Å². The highest BCUT2D eigenvalue weighted by molar-refractivity contribution is 6.35. The van der Waals surface area contributed by atoms with E-state index in [1.165, 1.54) is 21.9 Å². The fraction of sp³-hybridized carbons (Fsp3) is 0.400. The van der Waals surface area contributed by atoms with Crippen molar-refractivity contribution in [2.75, 3.05) is 33.4 Å². The van der Waals surface area contributed by atoms with Crippen LogP contribution in [0.25, 0.3) is 0 Å². The van der Waals surface area contributed by atoms with Crippen LogP contribution in [-0.4, -0.2) is 66.0 Å². The zero-order chi connectivity index (χ0) is 16.1. The standard InChI is InChI=1S/C15H18N2O5/c1-22-9-8-16-6-7-17(14(19)13(16)18)10-11-2-4-12(5-3-11)15(20)21/h2-5H,6-10H2,1H3,(H,20,21). The first-order valence-corrected chi connectivity index (χ1v) is 6.92. The topological polar surface area (TPSA) is 87.2 Å². The molecule has 0 spiro atoms. The zero-order valence-electron chi connectivity index (χ0n) is 12.3. The number of nitrogens with zero attached hydrogens (tertiary/aromatic N) is 2. The SMILES string of the molecule is COCCN1CCN(Cc2ccc(C(=O)O)cc2)C(=O)C1=O. The molecule has 1 fully saturated rings. The maximum absolute atomic E-state index is 12.1. The van der Waals surface area contributed by atoms with Crippen LogP contribution in [0.4, 0.5) is 0 Å². The molecule has 1 aromatic rings. The molecule has 7 nitrogen and oxygen atoms in total. The van der Waals surface area contributed by atoms with Crippen LogP contribution in [-0.2, 0) is 20.9 Å². The van der Waals surface area contributed by atoms with Gasteiger partial charge in [-0.15, -0.1) is 0 Å². The maximum atomic E-state index is 12.1. The fourth-order valence-electron chi connectivity index (χ4n) is 2.25. The van der Waals surface area contributed by atoms with Crippen LogP contribution in [0.2, 0.25) is 0 Å². The molecular formula is C15H18N2O5. The van der Waals surface area contributed by atoms with E-state index in [4.69, 9.17) is 9.84 Å². The lowest BCUT2D eigenvalue weighted by Gasteiger charge is -2.33. The second kappa shape index (κ2) is 7.04. The molecule has 2 amide bonds. The Kier molecular flexibility index (Phi) is 5.11. The molecule has 1 aromatic carbocycles. The smallest absolute Gasteiger partial charge is 0.335 e. The number of benzene rings is 1. The van der Waals surface area contributed by atoms with E-state index in [2.05, 4.69) is 0 Å². The summed E-state index contributed by atoms with van der Waals surface area (Å²) in [6.45, 7) is 2.02. The zero-order valence-corrected chi connectivity index (χ0v) is 12.3. The second-order valence-electron chi connectivity index (χ2n) is 5.01. The van der Waals surface area contributed by atoms with Crippen molar-refractivity contribution in [1.29, 1.82) is 0 Å². The van der Waals surface area contributed by atoms with Gasteiger partial charge in [-0.05, 0) is 17.7 Å². The number of carboxylic acids is 1. The van der Waals surface area contributed by atoms with Crippen LogP contribution in [0.3, 0.4) is 0 Å². The minimum atomic E-state index is -0.996. The Hall–Kier alpha value is -2.41. The van der Waals surface area contributed by atoms with Crippen LogP contribution < -0.4 is 0 Å². The predicted octanol–water partition coefficient (Wildman–Crippen LogP) is 0.202. The molecule has 0 saturated carbocycles. The van der Waals surface area contributed by atoms with Crippen molar-refractivity contribution in [3.8, 4) is 0 Å². The summed E-state index contributed by atoms with van der Waals surface area (Å²) >= 11 is 0. The van der Waals surface area contributed by atoms with Crippen LogP contribution in [0.5, 0.6) is 0 Å². The second-order valence-corrected chi connectivity index (χ2v) is 5.01. The molecule has 0 atom stereocenters. The molecule has 22 heavy (non-hydrogen) atoms. The molecule has 118 valence electrons. The normalized spacial score (nSPS) is 15.3. The predicted molar refractivity (Wildman–Crippen MR) is 77.3 cm³/mol. The van der Waals surface area contributed by atoms with Crippen LogP contribution in [0, 0.1) is 0 Å². The van der Waals surface area contributed by atoms with Gasteiger partial charge in [0.15, 0.2) is 0 Å². The number of aromatic carboxylic acids is 1. The Morgan fingerprint density at radius 1 is 1.14 bits per heavy atom. The third-order valence-electron chi connectivity index (χ3n) is 3.54. The van der Waals surface area contributed by atoms with Crippen LogP contribution in [0.15, 0.2) is 24.3 Å². The van der Waals surface area contributed by atoms with E-state index < -0.39 is 17.8 Å². The number of methoxy groups -OCH3 is 1. The number of hydrogen-bond acceptors (Lipinski definition) is 4. The first-order valence-electron chi connectivity index (χ1n) is 6.92. The third-order valence-corrected chi connectivity index (χ3v) is 3.54. The van der Waals surface area contributed by atoms with Crippen LogP contribution >= 0.6 is 0 Å². The van der Waals surface area contributed by atoms with Gasteiger partial charge in [0.25, 0.3) is 0 Å². The van der Waals surface area contributed by atoms with Gasteiger partial charge in [-0.2, -0.15) is 0 Å². The number of carbonyl (C=O) groups is 3. The van der Waals surface area contributed by atoms with E-state index in [-0.39, 0.29) is 5.56 Å². The van der Waals surface area contributed by atoms with Gasteiger partial charge in [-0.3, -0.25) is 9.59 Å². The summed E-state index contributed by atoms with van der Waals surface area (Å²) in [7, 11) is 1.54. The van der Waals surface area contributed by atoms with Crippen molar-refractivity contribution in [1.82, 2.24) is 9.80 Å². The Labute approximate surface area is 128 Å². The molecular weight excluding hydrogens is 288 g/mol. The quantitative estimate of drug-likeness (QED) is 0.759. The summed E-state index contributed by atoms with van der Waals surface area (Å²) in [5.74, 6) is -2.06. The minimum absolute atomic E-state index is 0.190. The van der Waals surface area contributed by atoms with E-state index in [1.807, 2.05) is 0 Å². The van der Waals surface area contributed by atoms with E-state index >= 15 is 0 Å². The van der Waals surface area contributed by atoms with E-state index in [9.17, 15) is 14.4 Å². The summed E-state index contributed by atoms with van der Waals surface area (Å²) in [4.78, 5) is 37.8. The van der Waals surface area contributed by atoms with Gasteiger partial charge in [0.2, 0.25) is 0 Å². The Balaban J connectivity index is 1.98. The number of ether oxygens (including phenoxy) is 1. The molecule has 1 heterocycles. The molecule has 0 radical (unpaired) electrons. The molecule has 1 aliphatic heterocycles. The van der Waals surface area contributed by atoms with Crippen molar-refractivity contribution in [2.45, 2.75) is 6.54 Å². The lowest BCUT2D eigenvalue weighted by Crippen LogP contribution is -2.54. The highest BCUT2D eigenvalue weighted by atomic mass is 16.5. The van der Waals surface area contributed by atoms with Gasteiger partial charge in [-0.1, -0.05) is 12.1 Å². The molecule has 1 N–H and O–H groups in total. The van der Waals surface area contributed by atoms with E-state index in [0.717, 1.165) is 5.56 Å². The van der Waals surface area contributed by atoms with Gasteiger partial charge in [-0.25, -0.2) is 4.79 Å². The summed E-state index contributed by atoms with van der Waals surface area (Å²) in [5, 5.41) is 8.85. The monoisotopic (exact) mass is 306 g/mol. The highest BCUT2D eigenvalue weighted by Crippen LogP contribution is 2.12. The Bertz CT molecular complexity index is 570. The number of piperazine rings is 1. The number of rotatable bonds is 6. The molecule has 0 aromatic heterocycles. The van der Waals surface area contributed by atoms with Gasteiger partial charge in [0.05, 0.1) is 12.2 Å². The van der Waals surface area contributed by atoms with Crippen LogP contribution in [0.1, 0.15) is 15.9 Å². The summed E-state index contributed by atoms with van der Waals surface area (Å²) in [6.07, 6.45) is 0. The van der Waals surface area contributed by atoms with Crippen molar-refractivity contribution in [2.24, 2.45) is 0 Å². The molecule has 2 rings (SSSR count). The first-order chi connectivity index (χ1) is 10.5. The molecule has 0 unspecified atom stereocenters. The van der Waals surface area contributed by atoms with Gasteiger partial charge in [0, 0.05) is 33.3 Å². The molecule has 1 aliphatic rings. The lowest BCUT2D eigenvalue weighted by molar-refractivity contribution is -0.156. The lowest BCUT2D eigenvalue weighted by atomic mass is 10.1. The fourth-order valence-corrected chi connectivity index (χ4v) is 2.25. The molecule has 0 aliphatic carbocycles. The minimum Gasteiger partial charge on any atom is -0.478 e. The average molecular weight is 306 g/mol. The van der Waals surface area contributed by atoms with Crippen molar-refractivity contribution in [3.63, 3.8) is 0 Å². The number of carboxylic acid groups (broad SMARTS) is 1. The summed E-state index contributed by atoms with van der Waals surface area (Å²) < 4.78 is 4.91. The molecule has 1 saturated heterocycles. The van der Waals surface area contributed by atoms with Gasteiger partial charge >= 0.3 is 17.8 Å². The number of carbonyl (C=O) groups excluding carboxylic acids is 2. The van der Waals surface area contributed by atoms with Crippen molar-refractivity contribution >= 4 is 17.8 Å². The molecule has 7 heteroatoms. The summed E-state index contributed by atoms with van der Waals surface area (Å²) in [6, 6.07) is 6.27. The first kappa shape index (κ1) is 16.0. The van der Waals surface area contributed by atoms with E-state index in [1.54, 1.807) is 19.2 Å². The Morgan fingerprint density at radius 2 is 1.73 bits per heavy atom. The average Bonchev–Trinajstić information content (AvgIpc) is 2.51. The highest BCUT2D eigenvalue weighted by Gasteiger charge is 2.32. The third kappa shape index (κ3) is 3.62. The number of hydrogen-bond donors (Lipinski definition) is 1. The van der Waals surface area contributed by atoms with E-state index in [0.29, 0.717) is 32.8 Å².